The van der Waals surface area contributed by atoms with Gasteiger partial charge in [-0.15, -0.1) is 0 Å². The van der Waals surface area contributed by atoms with Crippen LogP contribution < -0.4 is 0 Å². The molecule has 2 atom stereocenters. The van der Waals surface area contributed by atoms with Crippen molar-refractivity contribution in [1.82, 2.24) is 0 Å². The summed E-state index contributed by atoms with van der Waals surface area (Å²) in [6.45, 7) is 8.54. The van der Waals surface area contributed by atoms with Crippen LogP contribution in [0, 0.1) is 6.92 Å². The zero-order valence-corrected chi connectivity index (χ0v) is 29.2. The number of benzene rings is 8. The molecule has 2 nitrogen and oxygen atoms in total. The Morgan fingerprint density at radius 2 is 0.940 bits per heavy atom. The van der Waals surface area contributed by atoms with Crippen LogP contribution in [0.1, 0.15) is 72.4 Å². The molecule has 50 heavy (non-hydrogen) atoms. The molecule has 0 aliphatic carbocycles. The molecule has 0 aromatic heterocycles. The molecule has 0 aliphatic heterocycles. The standard InChI is InChI=1S/C48H42O2/c1-5-31-24-37(28-44(48(31)50)38(6-2)46-41-21-13-9-17-34(41)26-35-18-10-14-22-42(35)46)36-23-29(3)47(49)43(27-36)30(4)45-39-19-11-7-15-32(39)25-33-16-8-12-20-40(33)45/h7-28,30,38,49-50H,5-6H2,1-4H3. The van der Waals surface area contributed by atoms with Gasteiger partial charge in [0.25, 0.3) is 0 Å². The van der Waals surface area contributed by atoms with Crippen molar-refractivity contribution in [2.24, 2.45) is 0 Å². The average Bonchev–Trinajstić information content (AvgIpc) is 3.15. The molecule has 8 rings (SSSR count). The van der Waals surface area contributed by atoms with Crippen molar-refractivity contribution >= 4 is 43.1 Å². The Morgan fingerprint density at radius 1 is 0.500 bits per heavy atom. The quantitative estimate of drug-likeness (QED) is 0.169. The third kappa shape index (κ3) is 5.18. The summed E-state index contributed by atoms with van der Waals surface area (Å²) >= 11 is 0. The lowest BCUT2D eigenvalue weighted by atomic mass is 9.80. The van der Waals surface area contributed by atoms with E-state index in [0.29, 0.717) is 17.9 Å². The molecule has 0 aliphatic rings. The SMILES string of the molecule is CCc1cc(-c2cc(C)c(O)c(C(C)c3c4ccccc4cc4ccccc34)c2)cc(C(CC)c2c3ccccc3cc3ccccc23)c1O. The highest BCUT2D eigenvalue weighted by molar-refractivity contribution is 6.04. The van der Waals surface area contributed by atoms with Crippen LogP contribution in [0.15, 0.2) is 133 Å². The fourth-order valence-electron chi connectivity index (χ4n) is 8.40. The number of phenols is 2. The van der Waals surface area contributed by atoms with E-state index in [4.69, 9.17) is 0 Å². The van der Waals surface area contributed by atoms with Gasteiger partial charge in [0, 0.05) is 23.0 Å². The van der Waals surface area contributed by atoms with Gasteiger partial charge in [-0.2, -0.15) is 0 Å². The molecule has 0 spiro atoms. The Labute approximate surface area is 294 Å². The second-order valence-corrected chi connectivity index (χ2v) is 13.8. The largest absolute Gasteiger partial charge is 0.507 e. The molecule has 8 aromatic carbocycles. The first-order valence-electron chi connectivity index (χ1n) is 17.9. The number of hydrogen-bond acceptors (Lipinski definition) is 2. The first kappa shape index (κ1) is 31.7. The van der Waals surface area contributed by atoms with Gasteiger partial charge in [0.1, 0.15) is 11.5 Å². The van der Waals surface area contributed by atoms with Crippen molar-refractivity contribution in [3.8, 4) is 22.6 Å². The molecule has 2 unspecified atom stereocenters. The molecule has 2 N–H and O–H groups in total. The maximum atomic E-state index is 11.9. The smallest absolute Gasteiger partial charge is 0.122 e. The van der Waals surface area contributed by atoms with E-state index in [1.807, 2.05) is 6.92 Å². The molecule has 0 bridgehead atoms. The summed E-state index contributed by atoms with van der Waals surface area (Å²) in [5, 5.41) is 33.3. The van der Waals surface area contributed by atoms with Crippen molar-refractivity contribution in [3.63, 3.8) is 0 Å². The van der Waals surface area contributed by atoms with Crippen molar-refractivity contribution in [2.45, 2.75) is 52.4 Å². The summed E-state index contributed by atoms with van der Waals surface area (Å²) in [5.41, 5.74) is 8.20. The summed E-state index contributed by atoms with van der Waals surface area (Å²) < 4.78 is 0. The van der Waals surface area contributed by atoms with Crippen LogP contribution in [-0.2, 0) is 6.42 Å². The molecule has 246 valence electrons. The summed E-state index contributed by atoms with van der Waals surface area (Å²) in [7, 11) is 0. The van der Waals surface area contributed by atoms with Gasteiger partial charge in [-0.25, -0.2) is 0 Å². The van der Waals surface area contributed by atoms with Gasteiger partial charge in [0.05, 0.1) is 0 Å². The van der Waals surface area contributed by atoms with Crippen molar-refractivity contribution in [1.29, 1.82) is 0 Å². The molecule has 0 radical (unpaired) electrons. The van der Waals surface area contributed by atoms with E-state index < -0.39 is 0 Å². The lowest BCUT2D eigenvalue weighted by molar-refractivity contribution is 0.457. The van der Waals surface area contributed by atoms with Gasteiger partial charge in [0.15, 0.2) is 0 Å². The maximum Gasteiger partial charge on any atom is 0.122 e. The molecule has 8 aromatic rings. The van der Waals surface area contributed by atoms with Gasteiger partial charge in [-0.05, 0) is 133 Å². The van der Waals surface area contributed by atoms with Crippen LogP contribution in [0.5, 0.6) is 11.5 Å². The Bertz CT molecular complexity index is 2470. The lowest BCUT2D eigenvalue weighted by Crippen LogP contribution is -2.05. The highest BCUT2D eigenvalue weighted by Crippen LogP contribution is 2.46. The molecule has 0 amide bonds. The zero-order valence-electron chi connectivity index (χ0n) is 29.2. The monoisotopic (exact) mass is 650 g/mol. The Balaban J connectivity index is 1.33. The lowest BCUT2D eigenvalue weighted by Gasteiger charge is -2.25. The molecular weight excluding hydrogens is 609 g/mol. The molecular formula is C48H42O2. The molecule has 0 heterocycles. The van der Waals surface area contributed by atoms with E-state index in [1.165, 1.54) is 54.2 Å². The van der Waals surface area contributed by atoms with Gasteiger partial charge >= 0.3 is 0 Å². The highest BCUT2D eigenvalue weighted by Gasteiger charge is 2.25. The second-order valence-electron chi connectivity index (χ2n) is 13.8. The van der Waals surface area contributed by atoms with E-state index >= 15 is 0 Å². The minimum absolute atomic E-state index is 0.0186. The van der Waals surface area contributed by atoms with Gasteiger partial charge in [-0.1, -0.05) is 118 Å². The van der Waals surface area contributed by atoms with Crippen LogP contribution in [0.2, 0.25) is 0 Å². The average molecular weight is 651 g/mol. The predicted molar refractivity (Wildman–Crippen MR) is 212 cm³/mol. The van der Waals surface area contributed by atoms with E-state index in [0.717, 1.165) is 39.8 Å². The summed E-state index contributed by atoms with van der Waals surface area (Å²) in [4.78, 5) is 0. The molecule has 0 fully saturated rings. The number of aryl methyl sites for hydroxylation is 2. The minimum Gasteiger partial charge on any atom is -0.507 e. The number of rotatable bonds is 7. The van der Waals surface area contributed by atoms with Gasteiger partial charge in [0.2, 0.25) is 0 Å². The summed E-state index contributed by atoms with van der Waals surface area (Å²) in [6, 6.07) is 47.5. The highest BCUT2D eigenvalue weighted by atomic mass is 16.3. The molecule has 0 saturated heterocycles. The number of fused-ring (bicyclic) bond motifs is 4. The summed E-state index contributed by atoms with van der Waals surface area (Å²) in [6.07, 6.45) is 1.55. The van der Waals surface area contributed by atoms with E-state index in [2.05, 4.69) is 154 Å². The zero-order chi connectivity index (χ0) is 34.5. The molecule has 0 saturated carbocycles. The van der Waals surface area contributed by atoms with Gasteiger partial charge in [-0.3, -0.25) is 0 Å². The number of aromatic hydroxyl groups is 2. The Hall–Kier alpha value is -5.60. The Kier molecular flexibility index (Phi) is 8.04. The number of phenolic OH excluding ortho intramolecular Hbond substituents is 2. The van der Waals surface area contributed by atoms with Crippen LogP contribution in [-0.4, -0.2) is 10.2 Å². The second kappa shape index (κ2) is 12.7. The van der Waals surface area contributed by atoms with Crippen LogP contribution in [0.4, 0.5) is 0 Å². The van der Waals surface area contributed by atoms with Crippen molar-refractivity contribution in [3.05, 3.63) is 167 Å². The van der Waals surface area contributed by atoms with Crippen molar-refractivity contribution in [2.75, 3.05) is 0 Å². The number of hydrogen-bond donors (Lipinski definition) is 2. The maximum absolute atomic E-state index is 11.9. The predicted octanol–water partition coefficient (Wildman–Crippen LogP) is 12.9. The van der Waals surface area contributed by atoms with E-state index in [1.54, 1.807) is 0 Å². The minimum atomic E-state index is -0.0719. The fourth-order valence-corrected chi connectivity index (χ4v) is 8.40. The molecule has 2 heteroatoms. The fraction of sp³-hybridized carbons (Fsp3) is 0.167. The van der Waals surface area contributed by atoms with Crippen LogP contribution in [0.25, 0.3) is 54.2 Å². The third-order valence-electron chi connectivity index (χ3n) is 10.9. The van der Waals surface area contributed by atoms with Crippen molar-refractivity contribution < 1.29 is 10.2 Å². The van der Waals surface area contributed by atoms with Gasteiger partial charge < -0.3 is 10.2 Å². The van der Waals surface area contributed by atoms with Crippen LogP contribution in [0.3, 0.4) is 0 Å². The Morgan fingerprint density at radius 3 is 1.42 bits per heavy atom. The van der Waals surface area contributed by atoms with E-state index in [9.17, 15) is 10.2 Å². The first-order valence-corrected chi connectivity index (χ1v) is 17.9. The van der Waals surface area contributed by atoms with E-state index in [-0.39, 0.29) is 11.8 Å². The normalized spacial score (nSPS) is 13.0. The van der Waals surface area contributed by atoms with Crippen LogP contribution >= 0.6 is 0 Å². The summed E-state index contributed by atoms with van der Waals surface area (Å²) in [5.74, 6) is 0.625. The third-order valence-corrected chi connectivity index (χ3v) is 10.9. The topological polar surface area (TPSA) is 40.5 Å². The first-order chi connectivity index (χ1) is 24.4.